The molecule has 0 spiro atoms. The second kappa shape index (κ2) is 4.70. The molecule has 17 heavy (non-hydrogen) atoms. The fraction of sp³-hybridized carbons (Fsp3) is 0.167. The van der Waals surface area contributed by atoms with Crippen molar-refractivity contribution in [3.63, 3.8) is 0 Å². The minimum Gasteiger partial charge on any atom is -0.207 e. The molecule has 0 saturated heterocycles. The van der Waals surface area contributed by atoms with Crippen molar-refractivity contribution in [1.29, 1.82) is 0 Å². The molecule has 0 fully saturated rings. The summed E-state index contributed by atoms with van der Waals surface area (Å²) in [7, 11) is 0. The SMILES string of the molecule is Cc1ccsc1C(Cl)c1cc(F)c(F)cc1F. The monoisotopic (exact) mass is 276 g/mol. The summed E-state index contributed by atoms with van der Waals surface area (Å²) in [6, 6.07) is 3.16. The van der Waals surface area contributed by atoms with Crippen molar-refractivity contribution in [2.45, 2.75) is 12.3 Å². The molecular formula is C12H8ClF3S. The average molecular weight is 277 g/mol. The highest BCUT2D eigenvalue weighted by Crippen LogP contribution is 2.36. The van der Waals surface area contributed by atoms with E-state index in [1.165, 1.54) is 11.3 Å². The predicted octanol–water partition coefficient (Wildman–Crippen LogP) is 4.80. The Kier molecular flexibility index (Phi) is 3.45. The summed E-state index contributed by atoms with van der Waals surface area (Å²) in [5, 5.41) is 1.02. The number of benzene rings is 1. The molecule has 0 aliphatic rings. The minimum absolute atomic E-state index is 0.0453. The first-order valence-electron chi connectivity index (χ1n) is 4.83. The van der Waals surface area contributed by atoms with Crippen LogP contribution in [0.25, 0.3) is 0 Å². The summed E-state index contributed by atoms with van der Waals surface area (Å²) >= 11 is 7.45. The Bertz CT molecular complexity index is 551. The van der Waals surface area contributed by atoms with E-state index in [9.17, 15) is 13.2 Å². The van der Waals surface area contributed by atoms with Crippen molar-refractivity contribution in [2.75, 3.05) is 0 Å². The smallest absolute Gasteiger partial charge is 0.161 e. The van der Waals surface area contributed by atoms with Gasteiger partial charge in [-0.15, -0.1) is 22.9 Å². The highest BCUT2D eigenvalue weighted by molar-refractivity contribution is 7.10. The zero-order chi connectivity index (χ0) is 12.6. The molecule has 1 heterocycles. The summed E-state index contributed by atoms with van der Waals surface area (Å²) < 4.78 is 39.4. The number of hydrogen-bond acceptors (Lipinski definition) is 1. The van der Waals surface area contributed by atoms with Gasteiger partial charge in [0.2, 0.25) is 0 Å². The van der Waals surface area contributed by atoms with E-state index in [4.69, 9.17) is 11.6 Å². The Labute approximate surface area is 106 Å². The molecule has 1 aromatic carbocycles. The number of thiophene rings is 1. The number of halogens is 4. The summed E-state index contributed by atoms with van der Waals surface area (Å²) in [5.74, 6) is -3.14. The third-order valence-electron chi connectivity index (χ3n) is 2.44. The van der Waals surface area contributed by atoms with Gasteiger partial charge in [0.15, 0.2) is 11.6 Å². The summed E-state index contributed by atoms with van der Waals surface area (Å²) in [6.07, 6.45) is 0. The molecule has 1 aromatic heterocycles. The molecular weight excluding hydrogens is 269 g/mol. The zero-order valence-corrected chi connectivity index (χ0v) is 10.4. The van der Waals surface area contributed by atoms with Crippen LogP contribution in [0, 0.1) is 24.4 Å². The standard InChI is InChI=1S/C12H8ClF3S/c1-6-2-3-17-12(6)11(13)7-4-9(15)10(16)5-8(7)14/h2-5,11H,1H3. The third-order valence-corrected chi connectivity index (χ3v) is 4.11. The van der Waals surface area contributed by atoms with Gasteiger partial charge in [0.1, 0.15) is 5.82 Å². The van der Waals surface area contributed by atoms with Crippen LogP contribution in [-0.2, 0) is 0 Å². The molecule has 1 atom stereocenters. The van der Waals surface area contributed by atoms with Gasteiger partial charge in [-0.05, 0) is 30.0 Å². The van der Waals surface area contributed by atoms with Crippen LogP contribution in [0.1, 0.15) is 21.4 Å². The molecule has 0 bridgehead atoms. The number of alkyl halides is 1. The summed E-state index contributed by atoms with van der Waals surface area (Å²) in [6.45, 7) is 1.83. The first kappa shape index (κ1) is 12.5. The van der Waals surface area contributed by atoms with E-state index in [0.717, 1.165) is 16.5 Å². The van der Waals surface area contributed by atoms with Crippen molar-refractivity contribution in [3.05, 3.63) is 57.0 Å². The molecule has 0 N–H and O–H groups in total. The van der Waals surface area contributed by atoms with E-state index in [0.29, 0.717) is 6.07 Å². The van der Waals surface area contributed by atoms with Gasteiger partial charge in [0.25, 0.3) is 0 Å². The van der Waals surface area contributed by atoms with Crippen LogP contribution < -0.4 is 0 Å². The molecule has 1 unspecified atom stereocenters. The fourth-order valence-corrected chi connectivity index (χ4v) is 2.93. The molecule has 2 rings (SSSR count). The fourth-order valence-electron chi connectivity index (χ4n) is 1.52. The van der Waals surface area contributed by atoms with E-state index in [-0.39, 0.29) is 5.56 Å². The second-order valence-electron chi connectivity index (χ2n) is 3.62. The highest BCUT2D eigenvalue weighted by Gasteiger charge is 2.20. The van der Waals surface area contributed by atoms with Crippen LogP contribution in [0.4, 0.5) is 13.2 Å². The number of hydrogen-bond donors (Lipinski definition) is 0. The lowest BCUT2D eigenvalue weighted by molar-refractivity contribution is 0.490. The largest absolute Gasteiger partial charge is 0.207 e. The van der Waals surface area contributed by atoms with E-state index >= 15 is 0 Å². The molecule has 0 radical (unpaired) electrons. The lowest BCUT2D eigenvalue weighted by atomic mass is 10.1. The van der Waals surface area contributed by atoms with E-state index < -0.39 is 22.8 Å². The maximum absolute atomic E-state index is 13.5. The second-order valence-corrected chi connectivity index (χ2v) is 5.00. The molecule has 0 aliphatic heterocycles. The Hall–Kier alpha value is -1.00. The average Bonchev–Trinajstić information content (AvgIpc) is 2.69. The Morgan fingerprint density at radius 1 is 1.12 bits per heavy atom. The van der Waals surface area contributed by atoms with Gasteiger partial charge in [0.05, 0.1) is 5.38 Å². The number of aryl methyl sites for hydroxylation is 1. The lowest BCUT2D eigenvalue weighted by Gasteiger charge is -2.11. The Morgan fingerprint density at radius 3 is 2.35 bits per heavy atom. The van der Waals surface area contributed by atoms with Gasteiger partial charge in [0, 0.05) is 16.5 Å². The van der Waals surface area contributed by atoms with Crippen LogP contribution in [0.5, 0.6) is 0 Å². The van der Waals surface area contributed by atoms with Gasteiger partial charge in [-0.2, -0.15) is 0 Å². The van der Waals surface area contributed by atoms with Crippen molar-refractivity contribution in [1.82, 2.24) is 0 Å². The first-order chi connectivity index (χ1) is 8.00. The number of rotatable bonds is 2. The van der Waals surface area contributed by atoms with Crippen LogP contribution in [0.2, 0.25) is 0 Å². The molecule has 90 valence electrons. The van der Waals surface area contributed by atoms with Gasteiger partial charge in [-0.3, -0.25) is 0 Å². The minimum atomic E-state index is -1.21. The van der Waals surface area contributed by atoms with E-state index in [1.54, 1.807) is 0 Å². The van der Waals surface area contributed by atoms with E-state index in [2.05, 4.69) is 0 Å². The van der Waals surface area contributed by atoms with Crippen molar-refractivity contribution >= 4 is 22.9 Å². The molecule has 2 aromatic rings. The molecule has 0 aliphatic carbocycles. The summed E-state index contributed by atoms with van der Waals surface area (Å²) in [5.41, 5.74) is 0.857. The van der Waals surface area contributed by atoms with Crippen molar-refractivity contribution in [3.8, 4) is 0 Å². The van der Waals surface area contributed by atoms with Gasteiger partial charge in [-0.25, -0.2) is 13.2 Å². The predicted molar refractivity (Wildman–Crippen MR) is 63.1 cm³/mol. The van der Waals surface area contributed by atoms with Gasteiger partial charge >= 0.3 is 0 Å². The normalized spacial score (nSPS) is 12.8. The quantitative estimate of drug-likeness (QED) is 0.546. The lowest BCUT2D eigenvalue weighted by Crippen LogP contribution is -1.99. The molecule has 0 amide bonds. The van der Waals surface area contributed by atoms with Crippen molar-refractivity contribution in [2.24, 2.45) is 0 Å². The maximum atomic E-state index is 13.5. The van der Waals surface area contributed by atoms with Crippen LogP contribution in [0.15, 0.2) is 23.6 Å². The zero-order valence-electron chi connectivity index (χ0n) is 8.81. The Morgan fingerprint density at radius 2 is 1.76 bits per heavy atom. The molecule has 0 saturated carbocycles. The van der Waals surface area contributed by atoms with Crippen LogP contribution in [-0.4, -0.2) is 0 Å². The van der Waals surface area contributed by atoms with Gasteiger partial charge in [-0.1, -0.05) is 0 Å². The summed E-state index contributed by atoms with van der Waals surface area (Å²) in [4.78, 5) is 0.733. The van der Waals surface area contributed by atoms with Crippen LogP contribution >= 0.6 is 22.9 Å². The van der Waals surface area contributed by atoms with Crippen LogP contribution in [0.3, 0.4) is 0 Å². The van der Waals surface area contributed by atoms with Gasteiger partial charge < -0.3 is 0 Å². The van der Waals surface area contributed by atoms with Crippen molar-refractivity contribution < 1.29 is 13.2 Å². The molecule has 5 heteroatoms. The molecule has 0 nitrogen and oxygen atoms in total. The highest BCUT2D eigenvalue weighted by atomic mass is 35.5. The topological polar surface area (TPSA) is 0 Å². The van der Waals surface area contributed by atoms with E-state index in [1.807, 2.05) is 18.4 Å². The Balaban J connectivity index is 2.48. The first-order valence-corrected chi connectivity index (χ1v) is 6.15. The third kappa shape index (κ3) is 2.33. The maximum Gasteiger partial charge on any atom is 0.161 e.